The molecule has 2 N–H and O–H groups in total. The second-order valence-electron chi connectivity index (χ2n) is 7.97. The highest BCUT2D eigenvalue weighted by Crippen LogP contribution is 2.33. The van der Waals surface area contributed by atoms with Gasteiger partial charge in [0, 0.05) is 38.7 Å². The second-order valence-corrected chi connectivity index (χ2v) is 9.91. The maximum absolute atomic E-state index is 13.1. The number of ether oxygens (including phenoxy) is 2. The van der Waals surface area contributed by atoms with Crippen molar-refractivity contribution >= 4 is 21.8 Å². The number of hydrogen-bond acceptors (Lipinski definition) is 7. The number of amides is 2. The van der Waals surface area contributed by atoms with Gasteiger partial charge in [-0.3, -0.25) is 14.5 Å². The van der Waals surface area contributed by atoms with Crippen molar-refractivity contribution in [2.24, 2.45) is 5.73 Å². The van der Waals surface area contributed by atoms with Crippen LogP contribution in [0.5, 0.6) is 11.5 Å². The van der Waals surface area contributed by atoms with Gasteiger partial charge in [-0.1, -0.05) is 0 Å². The number of carbonyl (C=O) groups excluding carboxylic acids is 2. The molecule has 3 aliphatic rings. The largest absolute Gasteiger partial charge is 0.490 e. The highest BCUT2D eigenvalue weighted by atomic mass is 32.2. The number of nitrogens with two attached hydrogens (primary N) is 1. The van der Waals surface area contributed by atoms with Crippen LogP contribution in [0.15, 0.2) is 23.1 Å². The minimum Gasteiger partial charge on any atom is -0.490 e. The molecule has 0 radical (unpaired) electrons. The lowest BCUT2D eigenvalue weighted by Gasteiger charge is -2.35. The number of rotatable bonds is 5. The van der Waals surface area contributed by atoms with E-state index in [2.05, 4.69) is 0 Å². The van der Waals surface area contributed by atoms with Gasteiger partial charge in [0.05, 0.1) is 30.7 Å². The van der Waals surface area contributed by atoms with E-state index in [1.165, 1.54) is 16.4 Å². The van der Waals surface area contributed by atoms with Gasteiger partial charge < -0.3 is 20.1 Å². The van der Waals surface area contributed by atoms with Gasteiger partial charge in [-0.05, 0) is 31.5 Å². The number of likely N-dealkylation sites (tertiary alicyclic amines) is 1. The van der Waals surface area contributed by atoms with Gasteiger partial charge in [0.2, 0.25) is 21.8 Å². The number of nitrogens with zero attached hydrogens (tertiary/aromatic N) is 3. The molecule has 3 aliphatic heterocycles. The number of primary amides is 1. The first-order chi connectivity index (χ1) is 14.9. The summed E-state index contributed by atoms with van der Waals surface area (Å²) in [6, 6.07) is 4.26. The Morgan fingerprint density at radius 2 is 1.71 bits per heavy atom. The number of carbonyl (C=O) groups is 2. The molecule has 11 heteroatoms. The van der Waals surface area contributed by atoms with Gasteiger partial charge in [0.15, 0.2) is 11.5 Å². The summed E-state index contributed by atoms with van der Waals surface area (Å²) in [6.45, 7) is 2.83. The third kappa shape index (κ3) is 4.63. The Bertz CT molecular complexity index is 945. The predicted molar refractivity (Wildman–Crippen MR) is 111 cm³/mol. The van der Waals surface area contributed by atoms with Crippen LogP contribution in [-0.4, -0.2) is 92.9 Å². The summed E-state index contributed by atoms with van der Waals surface area (Å²) in [4.78, 5) is 27.8. The van der Waals surface area contributed by atoms with Gasteiger partial charge in [0.1, 0.15) is 0 Å². The van der Waals surface area contributed by atoms with E-state index in [-0.39, 0.29) is 30.4 Å². The van der Waals surface area contributed by atoms with Gasteiger partial charge in [-0.15, -0.1) is 0 Å². The van der Waals surface area contributed by atoms with Crippen LogP contribution in [0.2, 0.25) is 0 Å². The first-order valence-electron chi connectivity index (χ1n) is 10.6. The summed E-state index contributed by atoms with van der Waals surface area (Å²) < 4.78 is 38.8. The number of sulfonamides is 1. The lowest BCUT2D eigenvalue weighted by atomic mass is 10.2. The SMILES string of the molecule is NC(=O)[C@@H]1CCCN1CC(=O)N1CCN(S(=O)(=O)c2ccc3c(c2)OCCCO3)CC1. The topological polar surface area (TPSA) is 122 Å². The maximum Gasteiger partial charge on any atom is 0.243 e. The Balaban J connectivity index is 1.37. The van der Waals surface area contributed by atoms with Crippen molar-refractivity contribution in [3.63, 3.8) is 0 Å². The molecule has 31 heavy (non-hydrogen) atoms. The summed E-state index contributed by atoms with van der Waals surface area (Å²) >= 11 is 0. The molecule has 0 unspecified atom stereocenters. The molecule has 0 aliphatic carbocycles. The van der Waals surface area contributed by atoms with E-state index in [1.807, 2.05) is 4.90 Å². The standard InChI is InChI=1S/C20H28N4O6S/c21-20(26)16-3-1-6-23(16)14-19(25)22-7-9-24(10-8-22)31(27,28)15-4-5-17-18(13-15)30-12-2-11-29-17/h4-5,13,16H,1-3,6-12,14H2,(H2,21,26)/t16-/m0/s1. The molecule has 4 rings (SSSR count). The molecule has 1 aromatic carbocycles. The average molecular weight is 453 g/mol. The molecule has 10 nitrogen and oxygen atoms in total. The fourth-order valence-corrected chi connectivity index (χ4v) is 5.68. The average Bonchev–Trinajstić information content (AvgIpc) is 3.09. The normalized spacial score (nSPS) is 22.8. The van der Waals surface area contributed by atoms with Gasteiger partial charge in [-0.25, -0.2) is 8.42 Å². The van der Waals surface area contributed by atoms with E-state index < -0.39 is 22.0 Å². The molecule has 1 aromatic rings. The fraction of sp³-hybridized carbons (Fsp3) is 0.600. The van der Waals surface area contributed by atoms with Crippen LogP contribution in [0.25, 0.3) is 0 Å². The van der Waals surface area contributed by atoms with Crippen molar-refractivity contribution in [2.75, 3.05) is 52.5 Å². The smallest absolute Gasteiger partial charge is 0.243 e. The van der Waals surface area contributed by atoms with Crippen molar-refractivity contribution < 1.29 is 27.5 Å². The van der Waals surface area contributed by atoms with Gasteiger partial charge >= 0.3 is 0 Å². The first-order valence-corrected chi connectivity index (χ1v) is 12.0. The molecule has 2 saturated heterocycles. The van der Waals surface area contributed by atoms with E-state index in [4.69, 9.17) is 15.2 Å². The number of hydrogen-bond donors (Lipinski definition) is 1. The van der Waals surface area contributed by atoms with Crippen LogP contribution < -0.4 is 15.2 Å². The summed E-state index contributed by atoms with van der Waals surface area (Å²) in [7, 11) is -3.71. The minimum atomic E-state index is -3.71. The Labute approximate surface area is 181 Å². The van der Waals surface area contributed by atoms with Gasteiger partial charge in [0.25, 0.3) is 0 Å². The molecule has 0 aromatic heterocycles. The van der Waals surface area contributed by atoms with Crippen molar-refractivity contribution in [1.29, 1.82) is 0 Å². The minimum absolute atomic E-state index is 0.110. The van der Waals surface area contributed by atoms with Crippen molar-refractivity contribution in [1.82, 2.24) is 14.1 Å². The van der Waals surface area contributed by atoms with E-state index in [0.29, 0.717) is 50.8 Å². The van der Waals surface area contributed by atoms with Crippen LogP contribution in [-0.2, 0) is 19.6 Å². The maximum atomic E-state index is 13.1. The van der Waals surface area contributed by atoms with Crippen LogP contribution in [0.1, 0.15) is 19.3 Å². The summed E-state index contributed by atoms with van der Waals surface area (Å²) in [5, 5.41) is 0. The zero-order chi connectivity index (χ0) is 22.0. The molecule has 2 fully saturated rings. The molecule has 0 saturated carbocycles. The summed E-state index contributed by atoms with van der Waals surface area (Å²) in [5.41, 5.74) is 5.42. The molecule has 0 spiro atoms. The first kappa shape index (κ1) is 21.8. The molecule has 0 bridgehead atoms. The van der Waals surface area contributed by atoms with E-state index in [9.17, 15) is 18.0 Å². The molecule has 1 atom stereocenters. The Morgan fingerprint density at radius 1 is 1.00 bits per heavy atom. The number of benzene rings is 1. The molecular formula is C20H28N4O6S. The Kier molecular flexibility index (Phi) is 6.35. The van der Waals surface area contributed by atoms with Crippen LogP contribution in [0, 0.1) is 0 Å². The second kappa shape index (κ2) is 9.01. The van der Waals surface area contributed by atoms with Gasteiger partial charge in [-0.2, -0.15) is 4.31 Å². The molecule has 170 valence electrons. The highest BCUT2D eigenvalue weighted by molar-refractivity contribution is 7.89. The monoisotopic (exact) mass is 452 g/mol. The highest BCUT2D eigenvalue weighted by Gasteiger charge is 2.34. The quantitative estimate of drug-likeness (QED) is 0.647. The van der Waals surface area contributed by atoms with Crippen LogP contribution in [0.3, 0.4) is 0 Å². The third-order valence-corrected chi connectivity index (χ3v) is 7.87. The zero-order valence-electron chi connectivity index (χ0n) is 17.4. The molecule has 2 amide bonds. The fourth-order valence-electron chi connectivity index (χ4n) is 4.24. The lowest BCUT2D eigenvalue weighted by molar-refractivity contribution is -0.134. The molecular weight excluding hydrogens is 424 g/mol. The van der Waals surface area contributed by atoms with Crippen LogP contribution in [0.4, 0.5) is 0 Å². The van der Waals surface area contributed by atoms with Crippen molar-refractivity contribution in [3.8, 4) is 11.5 Å². The van der Waals surface area contributed by atoms with E-state index in [0.717, 1.165) is 12.8 Å². The van der Waals surface area contributed by atoms with Crippen LogP contribution >= 0.6 is 0 Å². The van der Waals surface area contributed by atoms with E-state index >= 15 is 0 Å². The number of piperazine rings is 1. The third-order valence-electron chi connectivity index (χ3n) is 5.98. The van der Waals surface area contributed by atoms with E-state index in [1.54, 1.807) is 11.0 Å². The summed E-state index contributed by atoms with van der Waals surface area (Å²) in [6.07, 6.45) is 2.25. The molecule has 3 heterocycles. The zero-order valence-corrected chi connectivity index (χ0v) is 18.2. The Hall–Kier alpha value is -2.37. The summed E-state index contributed by atoms with van der Waals surface area (Å²) in [5.74, 6) is 0.460. The number of fused-ring (bicyclic) bond motifs is 1. The lowest BCUT2D eigenvalue weighted by Crippen LogP contribution is -2.53. The predicted octanol–water partition coefficient (Wildman–Crippen LogP) is -0.369. The van der Waals surface area contributed by atoms with Crippen molar-refractivity contribution in [2.45, 2.75) is 30.2 Å². The van der Waals surface area contributed by atoms with Crippen molar-refractivity contribution in [3.05, 3.63) is 18.2 Å². The Morgan fingerprint density at radius 3 is 2.42 bits per heavy atom.